The maximum absolute atomic E-state index is 12.3. The van der Waals surface area contributed by atoms with Gasteiger partial charge in [0.1, 0.15) is 12.2 Å². The van der Waals surface area contributed by atoms with Crippen LogP contribution >= 0.6 is 0 Å². The molecule has 1 amide bonds. The lowest BCUT2D eigenvalue weighted by atomic mass is 9.96. The third-order valence-electron chi connectivity index (χ3n) is 3.67. The minimum atomic E-state index is 0.161. The molecule has 0 spiro atoms. The number of likely N-dealkylation sites (tertiary alicyclic amines) is 1. The molecule has 1 fully saturated rings. The van der Waals surface area contributed by atoms with Crippen LogP contribution in [-0.2, 0) is 11.8 Å². The van der Waals surface area contributed by atoms with Gasteiger partial charge in [0.15, 0.2) is 0 Å². The minimum Gasteiger partial charge on any atom is -0.338 e. The first kappa shape index (κ1) is 13.8. The molecule has 5 heteroatoms. The molecule has 1 atom stereocenters. The van der Waals surface area contributed by atoms with E-state index < -0.39 is 0 Å². The van der Waals surface area contributed by atoms with E-state index >= 15 is 0 Å². The zero-order chi connectivity index (χ0) is 13.8. The first-order chi connectivity index (χ1) is 9.13. The Morgan fingerprint density at radius 2 is 2.37 bits per heavy atom. The summed E-state index contributed by atoms with van der Waals surface area (Å²) in [5, 5.41) is 8.10. The predicted molar refractivity (Wildman–Crippen MR) is 73.6 cm³/mol. The highest BCUT2D eigenvalue weighted by Crippen LogP contribution is 2.25. The molecule has 0 saturated carbocycles. The summed E-state index contributed by atoms with van der Waals surface area (Å²) in [5.41, 5.74) is 0.848. The van der Waals surface area contributed by atoms with Crippen molar-refractivity contribution >= 4 is 5.91 Å². The van der Waals surface area contributed by atoms with Gasteiger partial charge in [-0.1, -0.05) is 13.0 Å². The average Bonchev–Trinajstić information content (AvgIpc) is 2.84. The Morgan fingerprint density at radius 1 is 1.58 bits per heavy atom. The Hall–Kier alpha value is -1.65. The standard InChI is InChI=1S/C14H22N4O/c1-4-6-11(2)14(19)18-8-5-7-12(9-18)13-16-15-10-17(13)3/h6,10,12H,4-5,7-9H2,1-3H3/b11-6+/t12-/m0/s1. The van der Waals surface area contributed by atoms with E-state index in [2.05, 4.69) is 17.1 Å². The SMILES string of the molecule is CC/C=C(\C)C(=O)N1CCC[C@H](c2nncn2C)C1. The first-order valence-electron chi connectivity index (χ1n) is 6.93. The van der Waals surface area contributed by atoms with E-state index in [0.29, 0.717) is 5.92 Å². The number of aryl methyl sites for hydroxylation is 1. The summed E-state index contributed by atoms with van der Waals surface area (Å²) in [7, 11) is 1.96. The van der Waals surface area contributed by atoms with Crippen molar-refractivity contribution in [2.45, 2.75) is 39.0 Å². The van der Waals surface area contributed by atoms with Crippen LogP contribution in [0.3, 0.4) is 0 Å². The molecule has 0 aromatic carbocycles. The summed E-state index contributed by atoms with van der Waals surface area (Å²) in [5.74, 6) is 1.45. The van der Waals surface area contributed by atoms with Crippen LogP contribution in [0, 0.1) is 0 Å². The number of piperidine rings is 1. The fourth-order valence-electron chi connectivity index (χ4n) is 2.68. The maximum Gasteiger partial charge on any atom is 0.249 e. The zero-order valence-corrected chi connectivity index (χ0v) is 12.0. The van der Waals surface area contributed by atoms with Crippen LogP contribution in [0.5, 0.6) is 0 Å². The molecular weight excluding hydrogens is 240 g/mol. The Bertz CT molecular complexity index is 478. The highest BCUT2D eigenvalue weighted by Gasteiger charge is 2.27. The zero-order valence-electron chi connectivity index (χ0n) is 12.0. The van der Waals surface area contributed by atoms with Gasteiger partial charge in [-0.3, -0.25) is 4.79 Å². The Labute approximate surface area is 114 Å². The van der Waals surface area contributed by atoms with Crippen molar-refractivity contribution < 1.29 is 4.79 Å². The molecule has 1 aromatic heterocycles. The lowest BCUT2D eigenvalue weighted by Gasteiger charge is -2.32. The van der Waals surface area contributed by atoms with Gasteiger partial charge < -0.3 is 9.47 Å². The number of nitrogens with zero attached hydrogens (tertiary/aromatic N) is 4. The highest BCUT2D eigenvalue weighted by molar-refractivity contribution is 5.92. The molecule has 104 valence electrons. The number of allylic oxidation sites excluding steroid dienone is 1. The lowest BCUT2D eigenvalue weighted by molar-refractivity contribution is -0.128. The van der Waals surface area contributed by atoms with Gasteiger partial charge in [0.05, 0.1) is 0 Å². The van der Waals surface area contributed by atoms with Gasteiger partial charge in [0.2, 0.25) is 5.91 Å². The molecule has 5 nitrogen and oxygen atoms in total. The molecule has 1 aromatic rings. The van der Waals surface area contributed by atoms with E-state index in [4.69, 9.17) is 0 Å². The largest absolute Gasteiger partial charge is 0.338 e. The van der Waals surface area contributed by atoms with Crippen LogP contribution in [0.2, 0.25) is 0 Å². The third kappa shape index (κ3) is 3.03. The number of aromatic nitrogens is 3. The monoisotopic (exact) mass is 262 g/mol. The summed E-state index contributed by atoms with van der Waals surface area (Å²) in [6.45, 7) is 5.55. The Balaban J connectivity index is 2.07. The molecule has 2 heterocycles. The van der Waals surface area contributed by atoms with Crippen molar-refractivity contribution in [3.05, 3.63) is 23.8 Å². The number of carbonyl (C=O) groups is 1. The molecule has 0 N–H and O–H groups in total. The molecule has 1 saturated heterocycles. The number of carbonyl (C=O) groups excluding carboxylic acids is 1. The molecule has 1 aliphatic rings. The first-order valence-corrected chi connectivity index (χ1v) is 6.93. The van der Waals surface area contributed by atoms with E-state index in [1.807, 2.05) is 29.5 Å². The lowest BCUT2D eigenvalue weighted by Crippen LogP contribution is -2.40. The van der Waals surface area contributed by atoms with E-state index in [9.17, 15) is 4.79 Å². The molecule has 19 heavy (non-hydrogen) atoms. The number of amides is 1. The van der Waals surface area contributed by atoms with Gasteiger partial charge in [-0.15, -0.1) is 10.2 Å². The second-order valence-corrected chi connectivity index (χ2v) is 5.19. The van der Waals surface area contributed by atoms with Crippen LogP contribution < -0.4 is 0 Å². The Kier molecular flexibility index (Phi) is 4.35. The molecule has 1 aliphatic heterocycles. The maximum atomic E-state index is 12.3. The quantitative estimate of drug-likeness (QED) is 0.781. The average molecular weight is 262 g/mol. The Morgan fingerprint density at radius 3 is 3.00 bits per heavy atom. The summed E-state index contributed by atoms with van der Waals surface area (Å²) < 4.78 is 1.95. The van der Waals surface area contributed by atoms with Gasteiger partial charge in [0, 0.05) is 31.6 Å². The van der Waals surface area contributed by atoms with Gasteiger partial charge in [-0.25, -0.2) is 0 Å². The van der Waals surface area contributed by atoms with Crippen molar-refractivity contribution in [3.8, 4) is 0 Å². The molecule has 0 unspecified atom stereocenters. The number of hydrogen-bond acceptors (Lipinski definition) is 3. The van der Waals surface area contributed by atoms with Crippen LogP contribution in [-0.4, -0.2) is 38.7 Å². The van der Waals surface area contributed by atoms with Crippen LogP contribution in [0.4, 0.5) is 0 Å². The molecule has 2 rings (SSSR count). The second kappa shape index (κ2) is 5.99. The van der Waals surface area contributed by atoms with Crippen LogP contribution in [0.15, 0.2) is 18.0 Å². The van der Waals surface area contributed by atoms with Crippen molar-refractivity contribution in [1.82, 2.24) is 19.7 Å². The van der Waals surface area contributed by atoms with Gasteiger partial charge in [0.25, 0.3) is 0 Å². The summed E-state index contributed by atoms with van der Waals surface area (Å²) in [6.07, 6.45) is 6.72. The molecular formula is C14H22N4O. The molecule has 0 aliphatic carbocycles. The van der Waals surface area contributed by atoms with E-state index in [-0.39, 0.29) is 5.91 Å². The fourth-order valence-corrected chi connectivity index (χ4v) is 2.68. The van der Waals surface area contributed by atoms with Crippen molar-refractivity contribution in [2.24, 2.45) is 7.05 Å². The van der Waals surface area contributed by atoms with Crippen molar-refractivity contribution in [2.75, 3.05) is 13.1 Å². The highest BCUT2D eigenvalue weighted by atomic mass is 16.2. The predicted octanol–water partition coefficient (Wildman–Crippen LogP) is 1.88. The van der Waals surface area contributed by atoms with Gasteiger partial charge >= 0.3 is 0 Å². The van der Waals surface area contributed by atoms with Crippen molar-refractivity contribution in [1.29, 1.82) is 0 Å². The van der Waals surface area contributed by atoms with Crippen LogP contribution in [0.25, 0.3) is 0 Å². The smallest absolute Gasteiger partial charge is 0.249 e. The van der Waals surface area contributed by atoms with Crippen molar-refractivity contribution in [3.63, 3.8) is 0 Å². The summed E-state index contributed by atoms with van der Waals surface area (Å²) in [4.78, 5) is 14.3. The molecule has 0 bridgehead atoms. The van der Waals surface area contributed by atoms with E-state index in [1.165, 1.54) is 0 Å². The van der Waals surface area contributed by atoms with E-state index in [0.717, 1.165) is 43.7 Å². The second-order valence-electron chi connectivity index (χ2n) is 5.19. The molecule has 0 radical (unpaired) electrons. The topological polar surface area (TPSA) is 51.0 Å². The normalized spacial score (nSPS) is 20.7. The third-order valence-corrected chi connectivity index (χ3v) is 3.67. The number of rotatable bonds is 3. The van der Waals surface area contributed by atoms with Gasteiger partial charge in [-0.05, 0) is 26.2 Å². The fraction of sp³-hybridized carbons (Fsp3) is 0.643. The van der Waals surface area contributed by atoms with Crippen LogP contribution in [0.1, 0.15) is 44.9 Å². The van der Waals surface area contributed by atoms with E-state index in [1.54, 1.807) is 6.33 Å². The van der Waals surface area contributed by atoms with Gasteiger partial charge in [-0.2, -0.15) is 0 Å². The summed E-state index contributed by atoms with van der Waals surface area (Å²) in [6, 6.07) is 0. The minimum absolute atomic E-state index is 0.161. The number of hydrogen-bond donors (Lipinski definition) is 0. The summed E-state index contributed by atoms with van der Waals surface area (Å²) >= 11 is 0.